The van der Waals surface area contributed by atoms with Gasteiger partial charge in [0.25, 0.3) is 0 Å². The third-order valence-corrected chi connectivity index (χ3v) is 2.08. The Kier molecular flexibility index (Phi) is 4.11. The number of nitrogens with two attached hydrogens (primary N) is 1. The van der Waals surface area contributed by atoms with E-state index in [1.165, 1.54) is 0 Å². The van der Waals surface area contributed by atoms with Crippen LogP contribution in [0.25, 0.3) is 0 Å². The molecule has 0 fully saturated rings. The lowest BCUT2D eigenvalue weighted by Gasteiger charge is -2.14. The van der Waals surface area contributed by atoms with Crippen molar-refractivity contribution in [2.24, 2.45) is 5.84 Å². The number of rotatable bonds is 4. The summed E-state index contributed by atoms with van der Waals surface area (Å²) in [6.07, 6.45) is 10.4. The quantitative estimate of drug-likeness (QED) is 0.426. The van der Waals surface area contributed by atoms with Gasteiger partial charge in [0.05, 0.1) is 0 Å². The summed E-state index contributed by atoms with van der Waals surface area (Å²) in [5.41, 5.74) is 4.96. The van der Waals surface area contributed by atoms with Crippen molar-refractivity contribution in [1.29, 1.82) is 0 Å². The van der Waals surface area contributed by atoms with E-state index in [0.29, 0.717) is 6.42 Å². The Balaban J connectivity index is 2.74. The van der Waals surface area contributed by atoms with Crippen LogP contribution in [0.1, 0.15) is 30.0 Å². The van der Waals surface area contributed by atoms with Crippen molar-refractivity contribution in [1.82, 2.24) is 10.4 Å². The molecule has 0 aliphatic rings. The Morgan fingerprint density at radius 3 is 3.00 bits per heavy atom. The zero-order valence-electron chi connectivity index (χ0n) is 8.33. The minimum absolute atomic E-state index is 0.0958. The van der Waals surface area contributed by atoms with Crippen molar-refractivity contribution in [3.63, 3.8) is 0 Å². The molecule has 1 aromatic rings. The molecule has 74 valence electrons. The molecule has 1 rings (SSSR count). The van der Waals surface area contributed by atoms with Gasteiger partial charge in [0.2, 0.25) is 0 Å². The highest BCUT2D eigenvalue weighted by Crippen LogP contribution is 2.16. The molecule has 0 spiro atoms. The number of hydrazine groups is 1. The highest BCUT2D eigenvalue weighted by molar-refractivity contribution is 5.20. The zero-order chi connectivity index (χ0) is 10.4. The van der Waals surface area contributed by atoms with E-state index in [1.54, 1.807) is 0 Å². The van der Waals surface area contributed by atoms with E-state index in [1.807, 2.05) is 19.3 Å². The Morgan fingerprint density at radius 2 is 2.43 bits per heavy atom. The first-order valence-corrected chi connectivity index (χ1v) is 4.59. The van der Waals surface area contributed by atoms with E-state index < -0.39 is 0 Å². The second-order valence-corrected chi connectivity index (χ2v) is 3.26. The van der Waals surface area contributed by atoms with Gasteiger partial charge in [-0.15, -0.1) is 12.3 Å². The van der Waals surface area contributed by atoms with Crippen LogP contribution in [0, 0.1) is 19.3 Å². The highest BCUT2D eigenvalue weighted by atomic mass is 15.2. The Bertz CT molecular complexity index is 328. The number of pyridine rings is 1. The first kappa shape index (κ1) is 10.7. The molecule has 0 radical (unpaired) electrons. The molecule has 1 aromatic heterocycles. The maximum Gasteiger partial charge on any atom is 0.0484 e. The molecular weight excluding hydrogens is 174 g/mol. The molecule has 1 heterocycles. The molecular formula is C11H15N3. The first-order chi connectivity index (χ1) is 6.77. The summed E-state index contributed by atoms with van der Waals surface area (Å²) >= 11 is 0. The lowest BCUT2D eigenvalue weighted by Crippen LogP contribution is -2.28. The number of hydrogen-bond acceptors (Lipinski definition) is 3. The maximum absolute atomic E-state index is 5.45. The van der Waals surface area contributed by atoms with Crippen LogP contribution < -0.4 is 11.3 Å². The number of hydrogen-bond donors (Lipinski definition) is 2. The van der Waals surface area contributed by atoms with Gasteiger partial charge in [0, 0.05) is 24.9 Å². The van der Waals surface area contributed by atoms with E-state index in [0.717, 1.165) is 17.5 Å². The summed E-state index contributed by atoms with van der Waals surface area (Å²) in [6, 6.07) is 2.16. The van der Waals surface area contributed by atoms with Gasteiger partial charge in [-0.2, -0.15) is 0 Å². The van der Waals surface area contributed by atoms with Crippen molar-refractivity contribution in [3.05, 3.63) is 29.6 Å². The number of terminal acetylenes is 1. The molecule has 0 aliphatic heterocycles. The molecule has 1 atom stereocenters. The molecule has 1 unspecified atom stereocenters. The minimum atomic E-state index is 0.0958. The average Bonchev–Trinajstić information content (AvgIpc) is 2.19. The zero-order valence-corrected chi connectivity index (χ0v) is 8.33. The van der Waals surface area contributed by atoms with Crippen molar-refractivity contribution < 1.29 is 0 Å². The smallest absolute Gasteiger partial charge is 0.0484 e. The summed E-state index contributed by atoms with van der Waals surface area (Å²) in [7, 11) is 0. The molecule has 0 saturated carbocycles. The van der Waals surface area contributed by atoms with Crippen molar-refractivity contribution in [2.45, 2.75) is 25.8 Å². The Labute approximate surface area is 84.7 Å². The lowest BCUT2D eigenvalue weighted by atomic mass is 10.0. The van der Waals surface area contributed by atoms with Gasteiger partial charge < -0.3 is 0 Å². The standard InChI is InChI=1S/C11H15N3/c1-3-4-5-11(14-12)10-6-9(2)7-13-8-10/h1,6-8,11,14H,4-5,12H2,2H3. The summed E-state index contributed by atoms with van der Waals surface area (Å²) in [5.74, 6) is 8.05. The predicted molar refractivity (Wildman–Crippen MR) is 57.1 cm³/mol. The van der Waals surface area contributed by atoms with Gasteiger partial charge in [0.15, 0.2) is 0 Å². The Hall–Kier alpha value is -1.37. The molecule has 14 heavy (non-hydrogen) atoms. The predicted octanol–water partition coefficient (Wildman–Crippen LogP) is 1.31. The second kappa shape index (κ2) is 5.38. The SMILES string of the molecule is C#CCCC(NN)c1cncc(C)c1. The first-order valence-electron chi connectivity index (χ1n) is 4.59. The normalized spacial score (nSPS) is 12.1. The molecule has 3 heteroatoms. The molecule has 3 nitrogen and oxygen atoms in total. The van der Waals surface area contributed by atoms with E-state index in [9.17, 15) is 0 Å². The topological polar surface area (TPSA) is 50.9 Å². The summed E-state index contributed by atoms with van der Waals surface area (Å²) in [4.78, 5) is 4.11. The van der Waals surface area contributed by atoms with E-state index in [2.05, 4.69) is 22.4 Å². The third kappa shape index (κ3) is 2.84. The molecule has 0 bridgehead atoms. The van der Waals surface area contributed by atoms with Crippen molar-refractivity contribution in [2.75, 3.05) is 0 Å². The van der Waals surface area contributed by atoms with E-state index in [-0.39, 0.29) is 6.04 Å². The van der Waals surface area contributed by atoms with Gasteiger partial charge in [-0.05, 0) is 24.5 Å². The van der Waals surface area contributed by atoms with Crippen LogP contribution >= 0.6 is 0 Å². The molecule has 0 aliphatic carbocycles. The van der Waals surface area contributed by atoms with Gasteiger partial charge in [-0.3, -0.25) is 16.3 Å². The third-order valence-electron chi connectivity index (χ3n) is 2.08. The van der Waals surface area contributed by atoms with Crippen LogP contribution in [-0.4, -0.2) is 4.98 Å². The molecule has 0 amide bonds. The van der Waals surface area contributed by atoms with Crippen LogP contribution in [0.15, 0.2) is 18.5 Å². The largest absolute Gasteiger partial charge is 0.271 e. The summed E-state index contributed by atoms with van der Waals surface area (Å²) in [5, 5.41) is 0. The second-order valence-electron chi connectivity index (χ2n) is 3.26. The fourth-order valence-corrected chi connectivity index (χ4v) is 1.34. The number of nitrogens with zero attached hydrogens (tertiary/aromatic N) is 1. The number of aromatic nitrogens is 1. The van der Waals surface area contributed by atoms with Gasteiger partial charge in [-0.25, -0.2) is 0 Å². The minimum Gasteiger partial charge on any atom is -0.271 e. The van der Waals surface area contributed by atoms with E-state index in [4.69, 9.17) is 12.3 Å². The fraction of sp³-hybridized carbons (Fsp3) is 0.364. The van der Waals surface area contributed by atoms with Crippen LogP contribution in [-0.2, 0) is 0 Å². The Morgan fingerprint density at radius 1 is 1.64 bits per heavy atom. The highest BCUT2D eigenvalue weighted by Gasteiger charge is 2.08. The van der Waals surface area contributed by atoms with E-state index >= 15 is 0 Å². The van der Waals surface area contributed by atoms with Crippen LogP contribution in [0.5, 0.6) is 0 Å². The molecule has 0 aromatic carbocycles. The fourth-order valence-electron chi connectivity index (χ4n) is 1.34. The number of nitrogens with one attached hydrogen (secondary N) is 1. The van der Waals surface area contributed by atoms with Crippen LogP contribution in [0.4, 0.5) is 0 Å². The van der Waals surface area contributed by atoms with Crippen LogP contribution in [0.3, 0.4) is 0 Å². The van der Waals surface area contributed by atoms with Gasteiger partial charge in [0.1, 0.15) is 0 Å². The van der Waals surface area contributed by atoms with Crippen LogP contribution in [0.2, 0.25) is 0 Å². The summed E-state index contributed by atoms with van der Waals surface area (Å²) in [6.45, 7) is 2.01. The monoisotopic (exact) mass is 189 g/mol. The average molecular weight is 189 g/mol. The maximum atomic E-state index is 5.45. The summed E-state index contributed by atoms with van der Waals surface area (Å²) < 4.78 is 0. The lowest BCUT2D eigenvalue weighted by molar-refractivity contribution is 0.522. The van der Waals surface area contributed by atoms with Gasteiger partial charge >= 0.3 is 0 Å². The number of aryl methyl sites for hydroxylation is 1. The van der Waals surface area contributed by atoms with Crippen molar-refractivity contribution >= 4 is 0 Å². The molecule has 3 N–H and O–H groups in total. The van der Waals surface area contributed by atoms with Crippen molar-refractivity contribution in [3.8, 4) is 12.3 Å². The molecule has 0 saturated heterocycles. The van der Waals surface area contributed by atoms with Gasteiger partial charge in [-0.1, -0.05) is 6.07 Å².